The Morgan fingerprint density at radius 3 is 2.74 bits per heavy atom. The molecule has 0 atom stereocenters. The van der Waals surface area contributed by atoms with Crippen LogP contribution in [0.25, 0.3) is 22.2 Å². The van der Waals surface area contributed by atoms with Crippen molar-refractivity contribution in [1.29, 1.82) is 0 Å². The summed E-state index contributed by atoms with van der Waals surface area (Å²) in [6, 6.07) is 12.5. The smallest absolute Gasteiger partial charge is 0.335 e. The molecule has 3 rings (SSSR count). The summed E-state index contributed by atoms with van der Waals surface area (Å²) in [5.74, 6) is -1.20. The molecule has 0 amide bonds. The van der Waals surface area contributed by atoms with E-state index >= 15 is 0 Å². The lowest BCUT2D eigenvalue weighted by molar-refractivity contribution is -0.114. The van der Waals surface area contributed by atoms with Gasteiger partial charge in [0.1, 0.15) is 0 Å². The van der Waals surface area contributed by atoms with Gasteiger partial charge in [0.15, 0.2) is 5.78 Å². The first kappa shape index (κ1) is 14.7. The summed E-state index contributed by atoms with van der Waals surface area (Å²) in [6.45, 7) is 3.44. The average Bonchev–Trinajstić information content (AvgIpc) is 2.98. The van der Waals surface area contributed by atoms with E-state index in [4.69, 9.17) is 0 Å². The number of hydrogen-bond donors (Lipinski definition) is 2. The molecular formula is C18H14N2O3. The van der Waals surface area contributed by atoms with E-state index in [1.54, 1.807) is 12.1 Å². The summed E-state index contributed by atoms with van der Waals surface area (Å²) in [5, 5.41) is 17.4. The number of para-hydroxylation sites is 1. The van der Waals surface area contributed by atoms with Crippen molar-refractivity contribution in [2.45, 2.75) is 6.42 Å². The Kier molecular flexibility index (Phi) is 3.76. The highest BCUT2D eigenvalue weighted by molar-refractivity contribution is 5.96. The van der Waals surface area contributed by atoms with Crippen LogP contribution in [-0.4, -0.2) is 27.1 Å². The van der Waals surface area contributed by atoms with Gasteiger partial charge in [-0.05, 0) is 35.9 Å². The number of nitrogens with zero attached hydrogens (tertiary/aromatic N) is 1. The van der Waals surface area contributed by atoms with Crippen molar-refractivity contribution in [2.75, 3.05) is 0 Å². The number of carboxylic acids is 1. The molecule has 0 fully saturated rings. The van der Waals surface area contributed by atoms with Crippen molar-refractivity contribution < 1.29 is 14.7 Å². The zero-order valence-corrected chi connectivity index (χ0v) is 12.2. The molecule has 2 N–H and O–H groups in total. The van der Waals surface area contributed by atoms with Crippen LogP contribution in [-0.2, 0) is 11.2 Å². The number of carbonyl (C=O) groups is 2. The Bertz CT molecular complexity index is 925. The number of ketones is 1. The van der Waals surface area contributed by atoms with Crippen LogP contribution in [0.5, 0.6) is 0 Å². The molecule has 23 heavy (non-hydrogen) atoms. The number of carbonyl (C=O) groups excluding carboxylic acids is 1. The summed E-state index contributed by atoms with van der Waals surface area (Å²) in [4.78, 5) is 22.9. The number of fused-ring (bicyclic) bond motifs is 1. The van der Waals surface area contributed by atoms with E-state index in [0.29, 0.717) is 16.8 Å². The second-order valence-corrected chi connectivity index (χ2v) is 5.19. The van der Waals surface area contributed by atoms with Crippen LogP contribution in [0.15, 0.2) is 55.1 Å². The van der Waals surface area contributed by atoms with E-state index in [2.05, 4.69) is 16.8 Å². The average molecular weight is 306 g/mol. The number of aromatic nitrogens is 2. The molecule has 5 heteroatoms. The van der Waals surface area contributed by atoms with Crippen LogP contribution in [0, 0.1) is 0 Å². The lowest BCUT2D eigenvalue weighted by Gasteiger charge is -2.06. The highest BCUT2D eigenvalue weighted by atomic mass is 16.4. The van der Waals surface area contributed by atoms with Gasteiger partial charge in [-0.2, -0.15) is 5.10 Å². The van der Waals surface area contributed by atoms with E-state index in [1.807, 2.05) is 24.3 Å². The first-order valence-electron chi connectivity index (χ1n) is 7.04. The van der Waals surface area contributed by atoms with Crippen LogP contribution in [0.3, 0.4) is 0 Å². The van der Waals surface area contributed by atoms with Crippen LogP contribution in [0.4, 0.5) is 0 Å². The Morgan fingerprint density at radius 1 is 1.22 bits per heavy atom. The van der Waals surface area contributed by atoms with Crippen molar-refractivity contribution in [3.05, 3.63) is 66.2 Å². The van der Waals surface area contributed by atoms with E-state index in [0.717, 1.165) is 10.9 Å². The van der Waals surface area contributed by atoms with Gasteiger partial charge in [0.05, 0.1) is 16.8 Å². The number of hydrogen-bond acceptors (Lipinski definition) is 3. The monoisotopic (exact) mass is 306 g/mol. The standard InChI is InChI=1S/C18H14N2O3/c1-2-14(21)9-11-7-12(10-13(8-11)18(22)23)17-15-5-3-4-6-16(15)19-20-17/h2-8,10H,1,9H2,(H,19,20)(H,22,23). The number of aromatic carboxylic acids is 1. The third-order valence-electron chi connectivity index (χ3n) is 3.59. The van der Waals surface area contributed by atoms with Gasteiger partial charge in [0, 0.05) is 17.4 Å². The summed E-state index contributed by atoms with van der Waals surface area (Å²) in [5.41, 5.74) is 2.94. The van der Waals surface area contributed by atoms with Crippen LogP contribution in [0.2, 0.25) is 0 Å². The predicted molar refractivity (Wildman–Crippen MR) is 87.4 cm³/mol. The zero-order valence-electron chi connectivity index (χ0n) is 12.2. The minimum atomic E-state index is -1.04. The summed E-state index contributed by atoms with van der Waals surface area (Å²) in [7, 11) is 0. The van der Waals surface area contributed by atoms with Gasteiger partial charge >= 0.3 is 5.97 Å². The highest BCUT2D eigenvalue weighted by Gasteiger charge is 2.13. The Labute approximate surface area is 132 Å². The molecule has 0 saturated heterocycles. The number of H-pyrrole nitrogens is 1. The van der Waals surface area contributed by atoms with Gasteiger partial charge in [0.25, 0.3) is 0 Å². The number of aromatic amines is 1. The molecule has 0 aliphatic rings. The fourth-order valence-electron chi connectivity index (χ4n) is 2.51. The van der Waals surface area contributed by atoms with E-state index < -0.39 is 5.97 Å². The van der Waals surface area contributed by atoms with E-state index in [1.165, 1.54) is 12.1 Å². The molecule has 2 aromatic carbocycles. The number of rotatable bonds is 5. The van der Waals surface area contributed by atoms with E-state index in [9.17, 15) is 14.7 Å². The maximum Gasteiger partial charge on any atom is 0.335 e. The third kappa shape index (κ3) is 2.89. The number of benzene rings is 2. The SMILES string of the molecule is C=CC(=O)Cc1cc(C(=O)O)cc(-c2n[nH]c3ccccc23)c1. The fourth-order valence-corrected chi connectivity index (χ4v) is 2.51. The normalized spacial score (nSPS) is 10.6. The van der Waals surface area contributed by atoms with Gasteiger partial charge in [-0.1, -0.05) is 24.8 Å². The summed E-state index contributed by atoms with van der Waals surface area (Å²) < 4.78 is 0. The molecule has 0 unspecified atom stereocenters. The van der Waals surface area contributed by atoms with E-state index in [-0.39, 0.29) is 17.8 Å². The highest BCUT2D eigenvalue weighted by Crippen LogP contribution is 2.28. The molecule has 0 aliphatic carbocycles. The molecule has 0 saturated carbocycles. The molecular weight excluding hydrogens is 292 g/mol. The molecule has 114 valence electrons. The van der Waals surface area contributed by atoms with Crippen molar-refractivity contribution in [2.24, 2.45) is 0 Å². The largest absolute Gasteiger partial charge is 0.478 e. The fraction of sp³-hybridized carbons (Fsp3) is 0.0556. The Hall–Kier alpha value is -3.21. The lowest BCUT2D eigenvalue weighted by atomic mass is 9.98. The minimum Gasteiger partial charge on any atom is -0.478 e. The molecule has 0 radical (unpaired) electrons. The van der Waals surface area contributed by atoms with Crippen molar-refractivity contribution in [1.82, 2.24) is 10.2 Å². The molecule has 1 heterocycles. The topological polar surface area (TPSA) is 83.1 Å². The lowest BCUT2D eigenvalue weighted by Crippen LogP contribution is -2.03. The van der Waals surface area contributed by atoms with Gasteiger partial charge in [-0.3, -0.25) is 9.89 Å². The molecule has 0 aliphatic heterocycles. The maximum absolute atomic E-state index is 11.6. The Balaban J connectivity index is 2.16. The summed E-state index contributed by atoms with van der Waals surface area (Å²) >= 11 is 0. The first-order valence-corrected chi connectivity index (χ1v) is 7.04. The third-order valence-corrected chi connectivity index (χ3v) is 3.59. The van der Waals surface area contributed by atoms with Gasteiger partial charge < -0.3 is 5.11 Å². The van der Waals surface area contributed by atoms with Crippen LogP contribution >= 0.6 is 0 Å². The maximum atomic E-state index is 11.6. The van der Waals surface area contributed by atoms with Gasteiger partial charge in [-0.15, -0.1) is 0 Å². The second-order valence-electron chi connectivity index (χ2n) is 5.19. The quantitative estimate of drug-likeness (QED) is 0.709. The van der Waals surface area contributed by atoms with Crippen LogP contribution in [0.1, 0.15) is 15.9 Å². The predicted octanol–water partition coefficient (Wildman–Crippen LogP) is 3.23. The van der Waals surface area contributed by atoms with Gasteiger partial charge in [-0.25, -0.2) is 4.79 Å². The summed E-state index contributed by atoms with van der Waals surface area (Å²) in [6.07, 6.45) is 1.34. The number of carboxylic acid groups (broad SMARTS) is 1. The zero-order chi connectivity index (χ0) is 16.4. The van der Waals surface area contributed by atoms with Crippen molar-refractivity contribution >= 4 is 22.7 Å². The number of nitrogens with one attached hydrogen (secondary N) is 1. The molecule has 0 bridgehead atoms. The molecule has 1 aromatic heterocycles. The van der Waals surface area contributed by atoms with Crippen molar-refractivity contribution in [3.63, 3.8) is 0 Å². The molecule has 5 nitrogen and oxygen atoms in total. The second kappa shape index (κ2) is 5.88. The van der Waals surface area contributed by atoms with Crippen LogP contribution < -0.4 is 0 Å². The van der Waals surface area contributed by atoms with Gasteiger partial charge in [0.2, 0.25) is 0 Å². The number of allylic oxidation sites excluding steroid dienone is 1. The molecule has 0 spiro atoms. The molecule has 3 aromatic rings. The Morgan fingerprint density at radius 2 is 2.00 bits per heavy atom. The first-order chi connectivity index (χ1) is 11.1. The minimum absolute atomic E-state index is 0.111. The van der Waals surface area contributed by atoms with Crippen molar-refractivity contribution in [3.8, 4) is 11.3 Å².